The predicted octanol–water partition coefficient (Wildman–Crippen LogP) is 1.82. The minimum atomic E-state index is -0.518. The van der Waals surface area contributed by atoms with E-state index in [9.17, 15) is 14.3 Å². The van der Waals surface area contributed by atoms with Crippen molar-refractivity contribution in [1.82, 2.24) is 4.90 Å². The quantitative estimate of drug-likeness (QED) is 0.845. The van der Waals surface area contributed by atoms with Gasteiger partial charge in [0.2, 0.25) is 0 Å². The summed E-state index contributed by atoms with van der Waals surface area (Å²) in [6.45, 7) is 4.10. The van der Waals surface area contributed by atoms with Crippen LogP contribution in [0, 0.1) is 5.82 Å². The molecule has 4 nitrogen and oxygen atoms in total. The SMILES string of the molecule is CCC1COCCN1CC(=O)c1cc(F)ccc1O. The number of nitrogens with zero attached hydrogens (tertiary/aromatic N) is 1. The summed E-state index contributed by atoms with van der Waals surface area (Å²) in [6.07, 6.45) is 0.891. The third-order valence-electron chi connectivity index (χ3n) is 3.43. The number of rotatable bonds is 4. The zero-order valence-electron chi connectivity index (χ0n) is 10.9. The molecule has 2 rings (SSSR count). The lowest BCUT2D eigenvalue weighted by atomic mass is 10.1. The fraction of sp³-hybridized carbons (Fsp3) is 0.500. The second-order valence-corrected chi connectivity index (χ2v) is 4.69. The largest absolute Gasteiger partial charge is 0.507 e. The highest BCUT2D eigenvalue weighted by molar-refractivity contribution is 6.00. The number of hydrogen-bond donors (Lipinski definition) is 1. The number of aromatic hydroxyl groups is 1. The van der Waals surface area contributed by atoms with E-state index in [0.717, 1.165) is 18.6 Å². The van der Waals surface area contributed by atoms with Crippen molar-refractivity contribution in [2.45, 2.75) is 19.4 Å². The molecule has 1 aromatic carbocycles. The first-order valence-electron chi connectivity index (χ1n) is 6.45. The normalized spacial score (nSPS) is 20.4. The van der Waals surface area contributed by atoms with E-state index in [1.54, 1.807) is 0 Å². The Balaban J connectivity index is 2.09. The van der Waals surface area contributed by atoms with Crippen molar-refractivity contribution in [3.8, 4) is 5.75 Å². The Labute approximate surface area is 111 Å². The Morgan fingerprint density at radius 2 is 2.37 bits per heavy atom. The summed E-state index contributed by atoms with van der Waals surface area (Å²) in [5.41, 5.74) is 0.0429. The smallest absolute Gasteiger partial charge is 0.180 e. The minimum absolute atomic E-state index is 0.0429. The highest BCUT2D eigenvalue weighted by atomic mass is 19.1. The van der Waals surface area contributed by atoms with Crippen LogP contribution >= 0.6 is 0 Å². The molecule has 1 aliphatic heterocycles. The van der Waals surface area contributed by atoms with Gasteiger partial charge in [0.25, 0.3) is 0 Å². The second-order valence-electron chi connectivity index (χ2n) is 4.69. The average Bonchev–Trinajstić information content (AvgIpc) is 2.42. The third kappa shape index (κ3) is 3.30. The van der Waals surface area contributed by atoms with Crippen LogP contribution in [0.2, 0.25) is 0 Å². The van der Waals surface area contributed by atoms with E-state index in [1.165, 1.54) is 6.07 Å². The lowest BCUT2D eigenvalue weighted by Gasteiger charge is -2.34. The van der Waals surface area contributed by atoms with E-state index in [2.05, 4.69) is 0 Å². The molecule has 1 heterocycles. The highest BCUT2D eigenvalue weighted by Crippen LogP contribution is 2.20. The number of phenols is 1. The number of benzene rings is 1. The molecule has 0 bridgehead atoms. The topological polar surface area (TPSA) is 49.8 Å². The number of ketones is 1. The molecule has 0 radical (unpaired) electrons. The standard InChI is InChI=1S/C14H18FNO3/c1-2-11-9-19-6-5-16(11)8-14(18)12-7-10(15)3-4-13(12)17/h3-4,7,11,17H,2,5-6,8-9H2,1H3. The molecule has 0 amide bonds. The fourth-order valence-electron chi connectivity index (χ4n) is 2.27. The molecule has 1 saturated heterocycles. The van der Waals surface area contributed by atoms with Crippen LogP contribution in [-0.2, 0) is 4.74 Å². The van der Waals surface area contributed by atoms with Crippen LogP contribution in [-0.4, -0.2) is 48.1 Å². The van der Waals surface area contributed by atoms with E-state index < -0.39 is 5.82 Å². The van der Waals surface area contributed by atoms with Crippen LogP contribution in [0.3, 0.4) is 0 Å². The molecule has 0 aliphatic carbocycles. The van der Waals surface area contributed by atoms with Gasteiger partial charge in [-0.1, -0.05) is 6.92 Å². The van der Waals surface area contributed by atoms with Crippen molar-refractivity contribution in [2.24, 2.45) is 0 Å². The number of carbonyl (C=O) groups excluding carboxylic acids is 1. The number of Topliss-reactive ketones (excluding diaryl/α,β-unsaturated/α-hetero) is 1. The molecule has 1 aliphatic rings. The van der Waals surface area contributed by atoms with E-state index in [1.807, 2.05) is 11.8 Å². The van der Waals surface area contributed by atoms with Gasteiger partial charge >= 0.3 is 0 Å². The van der Waals surface area contributed by atoms with Gasteiger partial charge < -0.3 is 9.84 Å². The van der Waals surface area contributed by atoms with Crippen LogP contribution in [0.5, 0.6) is 5.75 Å². The van der Waals surface area contributed by atoms with Gasteiger partial charge in [-0.25, -0.2) is 4.39 Å². The van der Waals surface area contributed by atoms with Gasteiger partial charge in [-0.3, -0.25) is 9.69 Å². The lowest BCUT2D eigenvalue weighted by molar-refractivity contribution is -0.00588. The first kappa shape index (κ1) is 14.0. The predicted molar refractivity (Wildman–Crippen MR) is 68.9 cm³/mol. The third-order valence-corrected chi connectivity index (χ3v) is 3.43. The van der Waals surface area contributed by atoms with Gasteiger partial charge in [0, 0.05) is 12.6 Å². The number of phenolic OH excluding ortho intramolecular Hbond substituents is 1. The van der Waals surface area contributed by atoms with Crippen molar-refractivity contribution < 1.29 is 19.0 Å². The second kappa shape index (κ2) is 6.12. The van der Waals surface area contributed by atoms with Crippen LogP contribution in [0.4, 0.5) is 4.39 Å². The molecule has 1 fully saturated rings. The molecule has 1 atom stereocenters. The monoisotopic (exact) mass is 267 g/mol. The Bertz CT molecular complexity index is 464. The summed E-state index contributed by atoms with van der Waals surface area (Å²) in [5.74, 6) is -0.958. The Morgan fingerprint density at radius 3 is 3.11 bits per heavy atom. The summed E-state index contributed by atoms with van der Waals surface area (Å²) >= 11 is 0. The van der Waals surface area contributed by atoms with Crippen LogP contribution in [0.1, 0.15) is 23.7 Å². The molecule has 0 aromatic heterocycles. The van der Waals surface area contributed by atoms with Gasteiger partial charge in [-0.15, -0.1) is 0 Å². The number of hydrogen-bond acceptors (Lipinski definition) is 4. The molecule has 0 saturated carbocycles. The molecule has 5 heteroatoms. The van der Waals surface area contributed by atoms with Crippen molar-refractivity contribution >= 4 is 5.78 Å². The fourth-order valence-corrected chi connectivity index (χ4v) is 2.27. The van der Waals surface area contributed by atoms with E-state index in [-0.39, 0.29) is 29.7 Å². The molecular formula is C14H18FNO3. The number of halogens is 1. The maximum atomic E-state index is 13.1. The molecule has 1 N–H and O–H groups in total. The summed E-state index contributed by atoms with van der Waals surface area (Å²) in [5, 5.41) is 9.63. The van der Waals surface area contributed by atoms with Crippen LogP contribution < -0.4 is 0 Å². The van der Waals surface area contributed by atoms with Crippen molar-refractivity contribution in [2.75, 3.05) is 26.3 Å². The van der Waals surface area contributed by atoms with Crippen LogP contribution in [0.25, 0.3) is 0 Å². The Kier molecular flexibility index (Phi) is 4.50. The molecule has 1 aromatic rings. The summed E-state index contributed by atoms with van der Waals surface area (Å²) < 4.78 is 18.5. The molecule has 0 spiro atoms. The Hall–Kier alpha value is -1.46. The van der Waals surface area contributed by atoms with Gasteiger partial charge in [-0.2, -0.15) is 0 Å². The van der Waals surface area contributed by atoms with E-state index in [4.69, 9.17) is 4.74 Å². The summed E-state index contributed by atoms with van der Waals surface area (Å²) in [6, 6.07) is 3.63. The summed E-state index contributed by atoms with van der Waals surface area (Å²) in [7, 11) is 0. The zero-order valence-corrected chi connectivity index (χ0v) is 10.9. The van der Waals surface area contributed by atoms with Gasteiger partial charge in [-0.05, 0) is 24.6 Å². The molecule has 19 heavy (non-hydrogen) atoms. The molecular weight excluding hydrogens is 249 g/mol. The summed E-state index contributed by atoms with van der Waals surface area (Å²) in [4.78, 5) is 14.2. The number of morpholine rings is 1. The van der Waals surface area contributed by atoms with Crippen molar-refractivity contribution in [1.29, 1.82) is 0 Å². The van der Waals surface area contributed by atoms with Crippen molar-refractivity contribution in [3.05, 3.63) is 29.6 Å². The van der Waals surface area contributed by atoms with Gasteiger partial charge in [0.15, 0.2) is 5.78 Å². The maximum absolute atomic E-state index is 13.1. The first-order chi connectivity index (χ1) is 9.11. The zero-order chi connectivity index (χ0) is 13.8. The molecule has 1 unspecified atom stereocenters. The Morgan fingerprint density at radius 1 is 1.58 bits per heavy atom. The van der Waals surface area contributed by atoms with Gasteiger partial charge in [0.1, 0.15) is 11.6 Å². The van der Waals surface area contributed by atoms with Crippen LogP contribution in [0.15, 0.2) is 18.2 Å². The lowest BCUT2D eigenvalue weighted by Crippen LogP contribution is -2.47. The van der Waals surface area contributed by atoms with E-state index >= 15 is 0 Å². The first-order valence-corrected chi connectivity index (χ1v) is 6.45. The van der Waals surface area contributed by atoms with Gasteiger partial charge in [0.05, 0.1) is 25.3 Å². The number of carbonyl (C=O) groups is 1. The average molecular weight is 267 g/mol. The number of ether oxygens (including phenoxy) is 1. The van der Waals surface area contributed by atoms with Crippen molar-refractivity contribution in [3.63, 3.8) is 0 Å². The molecule has 104 valence electrons. The highest BCUT2D eigenvalue weighted by Gasteiger charge is 2.24. The van der Waals surface area contributed by atoms with E-state index in [0.29, 0.717) is 19.8 Å². The maximum Gasteiger partial charge on any atom is 0.180 e. The minimum Gasteiger partial charge on any atom is -0.507 e.